The van der Waals surface area contributed by atoms with Crippen LogP contribution in [0.25, 0.3) is 0 Å². The van der Waals surface area contributed by atoms with Gasteiger partial charge in [-0.2, -0.15) is 0 Å². The summed E-state index contributed by atoms with van der Waals surface area (Å²) in [6.45, 7) is 2.05. The first kappa shape index (κ1) is 17.7. The summed E-state index contributed by atoms with van der Waals surface area (Å²) in [5.74, 6) is 0.0806. The molecule has 1 saturated heterocycles. The van der Waals surface area contributed by atoms with Gasteiger partial charge in [0.1, 0.15) is 5.75 Å². The van der Waals surface area contributed by atoms with Crippen molar-refractivity contribution >= 4 is 11.9 Å². The summed E-state index contributed by atoms with van der Waals surface area (Å²) in [7, 11) is 0. The van der Waals surface area contributed by atoms with Crippen LogP contribution < -0.4 is 4.74 Å². The van der Waals surface area contributed by atoms with Gasteiger partial charge in [-0.05, 0) is 36.8 Å². The number of benzene rings is 1. The van der Waals surface area contributed by atoms with E-state index in [0.717, 1.165) is 37.2 Å². The highest BCUT2D eigenvalue weighted by molar-refractivity contribution is 5.78. The Bertz CT molecular complexity index is 612. The molecule has 3 rings (SSSR count). The van der Waals surface area contributed by atoms with Crippen LogP contribution in [0.3, 0.4) is 0 Å². The van der Waals surface area contributed by atoms with Crippen molar-refractivity contribution in [2.24, 2.45) is 0 Å². The first-order valence-electron chi connectivity index (χ1n) is 8.96. The molecule has 2 unspecified atom stereocenters. The summed E-state index contributed by atoms with van der Waals surface area (Å²) in [6, 6.07) is 7.83. The topological polar surface area (TPSA) is 76.1 Å². The molecule has 1 aromatic rings. The molecule has 6 nitrogen and oxygen atoms in total. The summed E-state index contributed by atoms with van der Waals surface area (Å²) >= 11 is 0. The Morgan fingerprint density at radius 2 is 2.04 bits per heavy atom. The van der Waals surface area contributed by atoms with Crippen LogP contribution in [0.4, 0.5) is 0 Å². The predicted molar refractivity (Wildman–Crippen MR) is 91.7 cm³/mol. The minimum Gasteiger partial charge on any atom is -0.493 e. The number of fused-ring (bicyclic) bond motifs is 1. The second-order valence-electron chi connectivity index (χ2n) is 6.69. The molecule has 1 N–H and O–H groups in total. The van der Waals surface area contributed by atoms with Gasteiger partial charge >= 0.3 is 5.97 Å². The van der Waals surface area contributed by atoms with E-state index in [1.54, 1.807) is 4.90 Å². The van der Waals surface area contributed by atoms with Crippen molar-refractivity contribution in [3.63, 3.8) is 0 Å². The third-order valence-electron chi connectivity index (χ3n) is 4.90. The lowest BCUT2D eigenvalue weighted by atomic mass is 9.90. The van der Waals surface area contributed by atoms with E-state index in [1.807, 2.05) is 24.3 Å². The van der Waals surface area contributed by atoms with E-state index in [2.05, 4.69) is 0 Å². The number of hydrogen-bond donors (Lipinski definition) is 1. The van der Waals surface area contributed by atoms with Gasteiger partial charge in [-0.3, -0.25) is 9.59 Å². The third kappa shape index (κ3) is 4.72. The van der Waals surface area contributed by atoms with Crippen molar-refractivity contribution in [3.8, 4) is 5.75 Å². The standard InChI is InChI=1S/C19H25NO5/c21-18(12-14-8-11-25-17-6-2-1-5-16(14)17)20(9-7-19(22)23)13-15-4-3-10-24-15/h1-2,5-6,14-15H,3-4,7-13H2,(H,22,23). The van der Waals surface area contributed by atoms with Crippen molar-refractivity contribution < 1.29 is 24.2 Å². The maximum atomic E-state index is 12.9. The van der Waals surface area contributed by atoms with Gasteiger partial charge in [0.2, 0.25) is 5.91 Å². The summed E-state index contributed by atoms with van der Waals surface area (Å²) in [5.41, 5.74) is 1.07. The molecule has 1 aromatic carbocycles. The minimum atomic E-state index is -0.887. The molecular weight excluding hydrogens is 322 g/mol. The van der Waals surface area contributed by atoms with Gasteiger partial charge in [-0.1, -0.05) is 18.2 Å². The Labute approximate surface area is 147 Å². The second kappa shape index (κ2) is 8.34. The molecule has 0 radical (unpaired) electrons. The smallest absolute Gasteiger partial charge is 0.305 e. The van der Waals surface area contributed by atoms with Gasteiger partial charge in [0.05, 0.1) is 19.1 Å². The number of carbonyl (C=O) groups excluding carboxylic acids is 1. The molecule has 2 aliphatic heterocycles. The normalized spacial score (nSPS) is 22.1. The van der Waals surface area contributed by atoms with E-state index < -0.39 is 5.97 Å². The number of carboxylic acids is 1. The van der Waals surface area contributed by atoms with E-state index >= 15 is 0 Å². The van der Waals surface area contributed by atoms with Crippen molar-refractivity contribution in [1.82, 2.24) is 4.90 Å². The van der Waals surface area contributed by atoms with Crippen molar-refractivity contribution in [3.05, 3.63) is 29.8 Å². The van der Waals surface area contributed by atoms with E-state index in [0.29, 0.717) is 19.6 Å². The highest BCUT2D eigenvalue weighted by atomic mass is 16.5. The molecule has 0 saturated carbocycles. The Hall–Kier alpha value is -2.08. The van der Waals surface area contributed by atoms with E-state index in [9.17, 15) is 9.59 Å². The number of ether oxygens (including phenoxy) is 2. The van der Waals surface area contributed by atoms with Crippen molar-refractivity contribution in [2.75, 3.05) is 26.3 Å². The van der Waals surface area contributed by atoms with Gasteiger partial charge in [0.15, 0.2) is 0 Å². The maximum Gasteiger partial charge on any atom is 0.305 e. The second-order valence-corrected chi connectivity index (χ2v) is 6.69. The molecule has 2 atom stereocenters. The van der Waals surface area contributed by atoms with E-state index in [1.165, 1.54) is 0 Å². The van der Waals surface area contributed by atoms with E-state index in [4.69, 9.17) is 14.6 Å². The van der Waals surface area contributed by atoms with Crippen molar-refractivity contribution in [2.45, 2.75) is 44.1 Å². The first-order chi connectivity index (χ1) is 12.1. The molecule has 1 fully saturated rings. The highest BCUT2D eigenvalue weighted by Crippen LogP contribution is 2.35. The zero-order chi connectivity index (χ0) is 17.6. The van der Waals surface area contributed by atoms with Gasteiger partial charge in [-0.25, -0.2) is 0 Å². The zero-order valence-corrected chi connectivity index (χ0v) is 14.4. The summed E-state index contributed by atoms with van der Waals surface area (Å²) in [5, 5.41) is 8.97. The number of amides is 1. The SMILES string of the molecule is O=C(O)CCN(CC1CCCO1)C(=O)CC1CCOc2ccccc21. The average molecular weight is 347 g/mol. The lowest BCUT2D eigenvalue weighted by molar-refractivity contribution is -0.139. The Kier molecular flexibility index (Phi) is 5.91. The average Bonchev–Trinajstić information content (AvgIpc) is 3.12. The summed E-state index contributed by atoms with van der Waals surface area (Å²) in [4.78, 5) is 25.5. The van der Waals surface area contributed by atoms with Gasteiger partial charge < -0.3 is 19.5 Å². The molecule has 2 heterocycles. The molecule has 25 heavy (non-hydrogen) atoms. The zero-order valence-electron chi connectivity index (χ0n) is 14.4. The fourth-order valence-electron chi connectivity index (χ4n) is 3.55. The van der Waals surface area contributed by atoms with Crippen LogP contribution >= 0.6 is 0 Å². The molecule has 0 aliphatic carbocycles. The number of para-hydroxylation sites is 1. The number of hydrogen-bond acceptors (Lipinski definition) is 4. The Morgan fingerprint density at radius 3 is 2.80 bits per heavy atom. The molecule has 1 amide bonds. The van der Waals surface area contributed by atoms with Crippen LogP contribution in [-0.2, 0) is 14.3 Å². The largest absolute Gasteiger partial charge is 0.493 e. The lowest BCUT2D eigenvalue weighted by Crippen LogP contribution is -2.39. The molecular formula is C19H25NO5. The Balaban J connectivity index is 1.65. The molecule has 136 valence electrons. The van der Waals surface area contributed by atoms with Crippen LogP contribution in [0.15, 0.2) is 24.3 Å². The van der Waals surface area contributed by atoms with Crippen molar-refractivity contribution in [1.29, 1.82) is 0 Å². The molecule has 6 heteroatoms. The summed E-state index contributed by atoms with van der Waals surface area (Å²) < 4.78 is 11.3. The van der Waals surface area contributed by atoms with E-state index in [-0.39, 0.29) is 30.9 Å². The number of carboxylic acid groups (broad SMARTS) is 1. The van der Waals surface area contributed by atoms with Crippen LogP contribution in [0.2, 0.25) is 0 Å². The fraction of sp³-hybridized carbons (Fsp3) is 0.579. The number of carbonyl (C=O) groups is 2. The third-order valence-corrected chi connectivity index (χ3v) is 4.90. The minimum absolute atomic E-state index is 0.00143. The van der Waals surface area contributed by atoms with Crippen LogP contribution in [0.5, 0.6) is 5.75 Å². The maximum absolute atomic E-state index is 12.9. The van der Waals surface area contributed by atoms with Crippen LogP contribution in [0.1, 0.15) is 43.6 Å². The predicted octanol–water partition coefficient (Wildman–Crippen LogP) is 2.43. The monoisotopic (exact) mass is 347 g/mol. The fourth-order valence-corrected chi connectivity index (χ4v) is 3.55. The van der Waals surface area contributed by atoms with Gasteiger partial charge in [-0.15, -0.1) is 0 Å². The highest BCUT2D eigenvalue weighted by Gasteiger charge is 2.28. The van der Waals surface area contributed by atoms with Gasteiger partial charge in [0, 0.05) is 26.1 Å². The molecule has 0 bridgehead atoms. The summed E-state index contributed by atoms with van der Waals surface area (Å²) in [6.07, 6.45) is 3.10. The molecule has 0 aromatic heterocycles. The first-order valence-corrected chi connectivity index (χ1v) is 8.96. The Morgan fingerprint density at radius 1 is 1.20 bits per heavy atom. The lowest BCUT2D eigenvalue weighted by Gasteiger charge is -2.29. The number of nitrogens with zero attached hydrogens (tertiary/aromatic N) is 1. The van der Waals surface area contributed by atoms with Crippen LogP contribution in [0, 0.1) is 0 Å². The quantitative estimate of drug-likeness (QED) is 0.820. The van der Waals surface area contributed by atoms with Gasteiger partial charge in [0.25, 0.3) is 0 Å². The number of rotatable bonds is 7. The van der Waals surface area contributed by atoms with Crippen LogP contribution in [-0.4, -0.2) is 54.3 Å². The molecule has 0 spiro atoms. The number of aliphatic carboxylic acids is 1. The molecule has 2 aliphatic rings.